The first-order valence-electron chi connectivity index (χ1n) is 11.9. The third-order valence-corrected chi connectivity index (χ3v) is 9.66. The number of methoxy groups -OCH3 is 1. The molecular weight excluding hydrogens is 579 g/mol. The van der Waals surface area contributed by atoms with Gasteiger partial charge in [-0.15, -0.1) is 0 Å². The Morgan fingerprint density at radius 3 is 2.36 bits per heavy atom. The molecule has 4 aromatic rings. The summed E-state index contributed by atoms with van der Waals surface area (Å²) in [6, 6.07) is 19.3. The molecule has 0 aliphatic carbocycles. The Labute approximate surface area is 241 Å². The molecule has 1 saturated heterocycles. The van der Waals surface area contributed by atoms with Gasteiger partial charge in [-0.05, 0) is 60.2 Å². The molecule has 0 radical (unpaired) electrons. The highest BCUT2D eigenvalue weighted by atomic mass is 35.5. The molecule has 3 aromatic carbocycles. The lowest BCUT2D eigenvalue weighted by Crippen LogP contribution is -2.32. The third kappa shape index (κ3) is 4.74. The van der Waals surface area contributed by atoms with E-state index in [4.69, 9.17) is 32.7 Å². The number of thiazole rings is 1. The molecule has 0 bridgehead atoms. The molecule has 2 aliphatic heterocycles. The maximum absolute atomic E-state index is 14.0. The summed E-state index contributed by atoms with van der Waals surface area (Å²) < 4.78 is 11.5. The van der Waals surface area contributed by atoms with Crippen LogP contribution in [-0.2, 0) is 16.2 Å². The van der Waals surface area contributed by atoms with E-state index in [9.17, 15) is 14.4 Å². The van der Waals surface area contributed by atoms with Crippen molar-refractivity contribution in [1.29, 1.82) is 0 Å². The van der Waals surface area contributed by atoms with E-state index in [1.807, 2.05) is 12.1 Å². The minimum Gasteiger partial charge on any atom is -0.497 e. The number of halogens is 2. The van der Waals surface area contributed by atoms with Gasteiger partial charge in [0.2, 0.25) is 11.8 Å². The second kappa shape index (κ2) is 10.4. The number of carbonyl (C=O) groups is 2. The van der Waals surface area contributed by atoms with Gasteiger partial charge < -0.3 is 14.5 Å². The van der Waals surface area contributed by atoms with Gasteiger partial charge in [0.15, 0.2) is 0 Å². The number of ether oxygens (including phenoxy) is 2. The summed E-state index contributed by atoms with van der Waals surface area (Å²) in [6.45, 7) is 0.252. The highest BCUT2D eigenvalue weighted by molar-refractivity contribution is 8.00. The van der Waals surface area contributed by atoms with Crippen LogP contribution in [0.25, 0.3) is 0 Å². The largest absolute Gasteiger partial charge is 0.497 e. The van der Waals surface area contributed by atoms with Crippen molar-refractivity contribution in [2.45, 2.75) is 22.8 Å². The van der Waals surface area contributed by atoms with Crippen molar-refractivity contribution in [3.05, 3.63) is 102 Å². The van der Waals surface area contributed by atoms with E-state index in [1.54, 1.807) is 61.7 Å². The monoisotopic (exact) mass is 598 g/mol. The van der Waals surface area contributed by atoms with Crippen molar-refractivity contribution in [2.24, 2.45) is 5.92 Å². The van der Waals surface area contributed by atoms with Crippen LogP contribution in [0, 0.1) is 5.92 Å². The van der Waals surface area contributed by atoms with Crippen LogP contribution in [0.2, 0.25) is 10.0 Å². The van der Waals surface area contributed by atoms with Gasteiger partial charge in [-0.3, -0.25) is 14.4 Å². The molecule has 2 aliphatic rings. The van der Waals surface area contributed by atoms with Crippen LogP contribution in [0.5, 0.6) is 11.5 Å². The van der Waals surface area contributed by atoms with Gasteiger partial charge in [0.25, 0.3) is 0 Å². The van der Waals surface area contributed by atoms with Crippen molar-refractivity contribution in [2.75, 3.05) is 12.0 Å². The van der Waals surface area contributed by atoms with E-state index in [-0.39, 0.29) is 23.3 Å². The van der Waals surface area contributed by atoms with Crippen molar-refractivity contribution in [3.63, 3.8) is 0 Å². The third-order valence-electron chi connectivity index (χ3n) is 6.77. The lowest BCUT2D eigenvalue weighted by Gasteiger charge is -2.31. The lowest BCUT2D eigenvalue weighted by atomic mass is 9.82. The normalized spacial score (nSPS) is 20.1. The standard InChI is InChI=1S/C28H20Cl2N2O5S2/c1-36-18-9-7-17(8-10-18)32-26(33)22-21(23-25(31-28(35)39-23)38-24(22)27(32)34)19-12-16(30)6-11-20(19)37-13-14-2-4-15(29)5-3-14/h2-12,21-22,24H,13H2,1H3,(H,31,35)/t21-,22?,24?/m1/s1. The molecule has 39 heavy (non-hydrogen) atoms. The number of H-pyrrole nitrogens is 1. The van der Waals surface area contributed by atoms with Crippen LogP contribution in [-0.4, -0.2) is 29.2 Å². The molecule has 1 aromatic heterocycles. The number of nitrogens with one attached hydrogen (secondary N) is 1. The molecule has 0 spiro atoms. The van der Waals surface area contributed by atoms with Crippen LogP contribution in [0.3, 0.4) is 0 Å². The predicted molar refractivity (Wildman–Crippen MR) is 153 cm³/mol. The number of hydrogen-bond acceptors (Lipinski definition) is 7. The van der Waals surface area contributed by atoms with E-state index in [2.05, 4.69) is 4.98 Å². The maximum atomic E-state index is 14.0. The summed E-state index contributed by atoms with van der Waals surface area (Å²) in [4.78, 5) is 44.6. The van der Waals surface area contributed by atoms with E-state index < -0.39 is 17.1 Å². The van der Waals surface area contributed by atoms with Crippen LogP contribution in [0.4, 0.5) is 5.69 Å². The number of thioether (sulfide) groups is 1. The SMILES string of the molecule is COc1ccc(N2C(=O)C3Sc4[nH]c(=O)sc4[C@H](c4cc(Cl)ccc4OCc4ccc(Cl)cc4)C3C2=O)cc1. The summed E-state index contributed by atoms with van der Waals surface area (Å²) in [6.07, 6.45) is 0. The predicted octanol–water partition coefficient (Wildman–Crippen LogP) is 6.13. The zero-order valence-electron chi connectivity index (χ0n) is 20.4. The Bertz CT molecular complexity index is 1640. The summed E-state index contributed by atoms with van der Waals surface area (Å²) in [5.41, 5.74) is 2.00. The topological polar surface area (TPSA) is 88.7 Å². The molecule has 2 unspecified atom stereocenters. The highest BCUT2D eigenvalue weighted by Gasteiger charge is 2.56. The fourth-order valence-corrected chi connectivity index (χ4v) is 7.79. The average Bonchev–Trinajstić information content (AvgIpc) is 3.43. The Morgan fingerprint density at radius 1 is 0.923 bits per heavy atom. The summed E-state index contributed by atoms with van der Waals surface area (Å²) in [5, 5.41) is 0.923. The smallest absolute Gasteiger partial charge is 0.305 e. The number of fused-ring (bicyclic) bond motifs is 2. The fourth-order valence-electron chi connectivity index (χ4n) is 4.97. The minimum absolute atomic E-state index is 0.252. The average molecular weight is 600 g/mol. The molecular formula is C28H20Cl2N2O5S2. The van der Waals surface area contributed by atoms with Gasteiger partial charge >= 0.3 is 4.87 Å². The molecule has 3 atom stereocenters. The lowest BCUT2D eigenvalue weighted by molar-refractivity contribution is -0.122. The van der Waals surface area contributed by atoms with E-state index >= 15 is 0 Å². The number of anilines is 1. The Kier molecular flexibility index (Phi) is 6.93. The summed E-state index contributed by atoms with van der Waals surface area (Å²) in [5.74, 6) is -0.936. The number of carbonyl (C=O) groups excluding carboxylic acids is 2. The van der Waals surface area contributed by atoms with Gasteiger partial charge in [-0.25, -0.2) is 4.90 Å². The van der Waals surface area contributed by atoms with Crippen molar-refractivity contribution < 1.29 is 19.1 Å². The number of hydrogen-bond donors (Lipinski definition) is 1. The van der Waals surface area contributed by atoms with E-state index in [1.165, 1.54) is 16.7 Å². The van der Waals surface area contributed by atoms with Gasteiger partial charge in [-0.2, -0.15) is 0 Å². The number of benzene rings is 3. The first kappa shape index (κ1) is 26.0. The van der Waals surface area contributed by atoms with Crippen LogP contribution in [0.1, 0.15) is 21.9 Å². The molecule has 2 amide bonds. The number of rotatable bonds is 6. The Morgan fingerprint density at radius 2 is 1.64 bits per heavy atom. The van der Waals surface area contributed by atoms with Crippen molar-refractivity contribution >= 4 is 63.8 Å². The molecule has 1 fully saturated rings. The quantitative estimate of drug-likeness (QED) is 0.269. The molecule has 0 saturated carbocycles. The highest BCUT2D eigenvalue weighted by Crippen LogP contribution is 2.54. The second-order valence-corrected chi connectivity index (χ2v) is 12.1. The number of aromatic amines is 1. The van der Waals surface area contributed by atoms with Gasteiger partial charge in [0.1, 0.15) is 23.4 Å². The van der Waals surface area contributed by atoms with Gasteiger partial charge in [0, 0.05) is 26.4 Å². The Hall–Kier alpha value is -3.24. The van der Waals surface area contributed by atoms with Gasteiger partial charge in [0.05, 0.1) is 23.7 Å². The maximum Gasteiger partial charge on any atom is 0.305 e. The molecule has 198 valence electrons. The number of aromatic nitrogens is 1. The summed E-state index contributed by atoms with van der Waals surface area (Å²) >= 11 is 14.7. The van der Waals surface area contributed by atoms with E-state index in [0.29, 0.717) is 42.7 Å². The number of imide groups is 1. The van der Waals surface area contributed by atoms with Crippen molar-refractivity contribution in [1.82, 2.24) is 4.98 Å². The fraction of sp³-hybridized carbons (Fsp3) is 0.179. The molecule has 7 nitrogen and oxygen atoms in total. The van der Waals surface area contributed by atoms with Gasteiger partial charge in [-0.1, -0.05) is 58.4 Å². The zero-order valence-corrected chi connectivity index (χ0v) is 23.5. The Balaban J connectivity index is 1.43. The minimum atomic E-state index is -0.764. The molecule has 11 heteroatoms. The molecule has 6 rings (SSSR count). The first-order valence-corrected chi connectivity index (χ1v) is 14.4. The second-order valence-electron chi connectivity index (χ2n) is 9.06. The zero-order chi connectivity index (χ0) is 27.3. The van der Waals surface area contributed by atoms with Crippen molar-refractivity contribution in [3.8, 4) is 11.5 Å². The van der Waals surface area contributed by atoms with E-state index in [0.717, 1.165) is 16.9 Å². The van der Waals surface area contributed by atoms with Crippen LogP contribution in [0.15, 0.2) is 76.6 Å². The number of amides is 2. The summed E-state index contributed by atoms with van der Waals surface area (Å²) in [7, 11) is 1.55. The molecule has 3 heterocycles. The first-order chi connectivity index (χ1) is 18.8. The molecule has 1 N–H and O–H groups in total. The number of nitrogens with zero attached hydrogens (tertiary/aromatic N) is 1. The van der Waals surface area contributed by atoms with Crippen LogP contribution >= 0.6 is 46.3 Å². The van der Waals surface area contributed by atoms with Crippen LogP contribution < -0.4 is 19.2 Å².